The van der Waals surface area contributed by atoms with E-state index in [4.69, 9.17) is 0 Å². The summed E-state index contributed by atoms with van der Waals surface area (Å²) < 4.78 is 0. The van der Waals surface area contributed by atoms with Gasteiger partial charge in [0.05, 0.1) is 0 Å². The molecule has 2 aromatic rings. The molecule has 0 aliphatic rings. The minimum absolute atomic E-state index is 0.0359. The Morgan fingerprint density at radius 1 is 0.882 bits per heavy atom. The van der Waals surface area contributed by atoms with Crippen molar-refractivity contribution >= 4 is 0 Å². The highest BCUT2D eigenvalue weighted by atomic mass is 16.3. The molecule has 0 amide bonds. The molecular formula is C15H16O2. The topological polar surface area (TPSA) is 40.5 Å². The number of hydrogen-bond acceptors (Lipinski definition) is 2. The van der Waals surface area contributed by atoms with Gasteiger partial charge in [0.25, 0.3) is 0 Å². The Labute approximate surface area is 101 Å². The smallest absolute Gasteiger partial charge is 0.161 e. The van der Waals surface area contributed by atoms with Crippen LogP contribution < -0.4 is 0 Å². The van der Waals surface area contributed by atoms with Gasteiger partial charge in [0.2, 0.25) is 0 Å². The highest BCUT2D eigenvalue weighted by molar-refractivity contribution is 5.75. The zero-order valence-electron chi connectivity index (χ0n) is 10.3. The Hall–Kier alpha value is -1.96. The molecule has 2 N–H and O–H groups in total. The average Bonchev–Trinajstić information content (AvgIpc) is 2.29. The number of benzene rings is 2. The first-order valence-electron chi connectivity index (χ1n) is 5.60. The van der Waals surface area contributed by atoms with E-state index < -0.39 is 0 Å². The Kier molecular flexibility index (Phi) is 2.80. The molecule has 17 heavy (non-hydrogen) atoms. The van der Waals surface area contributed by atoms with Crippen molar-refractivity contribution in [2.75, 3.05) is 0 Å². The summed E-state index contributed by atoms with van der Waals surface area (Å²) in [6.07, 6.45) is 0. The van der Waals surface area contributed by atoms with Gasteiger partial charge in [-0.15, -0.1) is 0 Å². The maximum atomic E-state index is 9.78. The molecular weight excluding hydrogens is 212 g/mol. The fourth-order valence-electron chi connectivity index (χ4n) is 2.12. The molecule has 0 unspecified atom stereocenters. The summed E-state index contributed by atoms with van der Waals surface area (Å²) in [6.45, 7) is 5.79. The Morgan fingerprint density at radius 3 is 2.06 bits per heavy atom. The van der Waals surface area contributed by atoms with E-state index in [1.54, 1.807) is 6.07 Å². The van der Waals surface area contributed by atoms with E-state index in [1.807, 2.05) is 45.0 Å². The van der Waals surface area contributed by atoms with Gasteiger partial charge in [0.1, 0.15) is 0 Å². The van der Waals surface area contributed by atoms with Crippen molar-refractivity contribution < 1.29 is 10.2 Å². The van der Waals surface area contributed by atoms with Crippen molar-refractivity contribution in [2.45, 2.75) is 20.8 Å². The van der Waals surface area contributed by atoms with Gasteiger partial charge in [-0.05, 0) is 43.5 Å². The van der Waals surface area contributed by atoms with Crippen LogP contribution in [0.3, 0.4) is 0 Å². The summed E-state index contributed by atoms with van der Waals surface area (Å²) in [4.78, 5) is 0. The molecule has 2 nitrogen and oxygen atoms in total. The molecule has 0 heterocycles. The van der Waals surface area contributed by atoms with Crippen LogP contribution in [0.15, 0.2) is 30.3 Å². The lowest BCUT2D eigenvalue weighted by atomic mass is 9.94. The van der Waals surface area contributed by atoms with Crippen LogP contribution in [-0.2, 0) is 0 Å². The average molecular weight is 228 g/mol. The zero-order valence-corrected chi connectivity index (χ0v) is 10.3. The van der Waals surface area contributed by atoms with Crippen LogP contribution in [0.2, 0.25) is 0 Å². The zero-order chi connectivity index (χ0) is 12.6. The summed E-state index contributed by atoms with van der Waals surface area (Å²) in [5.41, 5.74) is 4.92. The lowest BCUT2D eigenvalue weighted by Crippen LogP contribution is -1.89. The third-order valence-electron chi connectivity index (χ3n) is 3.06. The summed E-state index contributed by atoms with van der Waals surface area (Å²) in [5.74, 6) is -0.0953. The third-order valence-corrected chi connectivity index (χ3v) is 3.06. The highest BCUT2D eigenvalue weighted by Crippen LogP contribution is 2.38. The van der Waals surface area contributed by atoms with E-state index in [0.29, 0.717) is 5.56 Å². The van der Waals surface area contributed by atoms with E-state index in [9.17, 15) is 10.2 Å². The first kappa shape index (κ1) is 11.5. The number of hydrogen-bond donors (Lipinski definition) is 2. The van der Waals surface area contributed by atoms with Crippen LogP contribution in [-0.4, -0.2) is 10.2 Å². The van der Waals surface area contributed by atoms with Crippen LogP contribution in [0.4, 0.5) is 0 Å². The lowest BCUT2D eigenvalue weighted by molar-refractivity contribution is 0.401. The third kappa shape index (κ3) is 1.98. The van der Waals surface area contributed by atoms with Gasteiger partial charge in [-0.3, -0.25) is 0 Å². The van der Waals surface area contributed by atoms with Gasteiger partial charge in [-0.25, -0.2) is 0 Å². The molecule has 88 valence electrons. The minimum atomic E-state index is -0.0594. The molecule has 0 radical (unpaired) electrons. The first-order chi connectivity index (χ1) is 8.00. The normalized spacial score (nSPS) is 10.5. The van der Waals surface area contributed by atoms with E-state index in [1.165, 1.54) is 5.56 Å². The molecule has 0 atom stereocenters. The second-order valence-corrected chi connectivity index (χ2v) is 4.43. The maximum absolute atomic E-state index is 9.78. The highest BCUT2D eigenvalue weighted by Gasteiger charge is 2.13. The van der Waals surface area contributed by atoms with Crippen LogP contribution >= 0.6 is 0 Å². The van der Waals surface area contributed by atoms with Gasteiger partial charge >= 0.3 is 0 Å². The fourth-order valence-corrected chi connectivity index (χ4v) is 2.12. The van der Waals surface area contributed by atoms with Gasteiger partial charge in [0.15, 0.2) is 11.5 Å². The van der Waals surface area contributed by atoms with Crippen molar-refractivity contribution in [3.05, 3.63) is 47.0 Å². The molecule has 0 aromatic heterocycles. The minimum Gasteiger partial charge on any atom is -0.504 e. The first-order valence-corrected chi connectivity index (χ1v) is 5.60. The van der Waals surface area contributed by atoms with Crippen LogP contribution in [0.5, 0.6) is 11.5 Å². The monoisotopic (exact) mass is 228 g/mol. The number of rotatable bonds is 1. The maximum Gasteiger partial charge on any atom is 0.161 e. The summed E-state index contributed by atoms with van der Waals surface area (Å²) in [6, 6.07) is 9.73. The molecule has 0 aliphatic heterocycles. The SMILES string of the molecule is Cc1ccc(-c2c(C)cc(O)c(O)c2C)cc1. The van der Waals surface area contributed by atoms with Crippen LogP contribution in [0.1, 0.15) is 16.7 Å². The Morgan fingerprint density at radius 2 is 1.47 bits per heavy atom. The van der Waals surface area contributed by atoms with Crippen LogP contribution in [0.25, 0.3) is 11.1 Å². The fraction of sp³-hybridized carbons (Fsp3) is 0.200. The molecule has 0 fully saturated rings. The molecule has 2 heteroatoms. The number of phenols is 2. The van der Waals surface area contributed by atoms with Crippen molar-refractivity contribution in [2.24, 2.45) is 0 Å². The molecule has 0 bridgehead atoms. The summed E-state index contributed by atoms with van der Waals surface area (Å²) in [7, 11) is 0. The predicted molar refractivity (Wildman–Crippen MR) is 69.4 cm³/mol. The molecule has 0 aliphatic carbocycles. The number of phenolic OH excluding ortho intramolecular Hbond substituents is 2. The predicted octanol–water partition coefficient (Wildman–Crippen LogP) is 3.69. The largest absolute Gasteiger partial charge is 0.504 e. The Balaban J connectivity index is 2.67. The van der Waals surface area contributed by atoms with E-state index in [-0.39, 0.29) is 11.5 Å². The van der Waals surface area contributed by atoms with Gasteiger partial charge in [0, 0.05) is 5.56 Å². The number of aromatic hydroxyl groups is 2. The second-order valence-electron chi connectivity index (χ2n) is 4.43. The van der Waals surface area contributed by atoms with Crippen molar-refractivity contribution in [3.63, 3.8) is 0 Å². The quantitative estimate of drug-likeness (QED) is 0.731. The standard InChI is InChI=1S/C15H16O2/c1-9-4-6-12(7-5-9)14-10(2)8-13(16)15(17)11(14)3/h4-8,16-17H,1-3H3. The van der Waals surface area contributed by atoms with E-state index in [2.05, 4.69) is 0 Å². The molecule has 0 saturated carbocycles. The Bertz CT molecular complexity index is 554. The van der Waals surface area contributed by atoms with Crippen molar-refractivity contribution in [1.29, 1.82) is 0 Å². The van der Waals surface area contributed by atoms with Gasteiger partial charge in [-0.2, -0.15) is 0 Å². The molecule has 0 spiro atoms. The molecule has 2 aromatic carbocycles. The lowest BCUT2D eigenvalue weighted by Gasteiger charge is -2.13. The van der Waals surface area contributed by atoms with Gasteiger partial charge in [-0.1, -0.05) is 29.8 Å². The van der Waals surface area contributed by atoms with Gasteiger partial charge < -0.3 is 10.2 Å². The van der Waals surface area contributed by atoms with E-state index in [0.717, 1.165) is 16.7 Å². The molecule has 0 saturated heterocycles. The molecule has 2 rings (SSSR count). The van der Waals surface area contributed by atoms with Crippen molar-refractivity contribution in [1.82, 2.24) is 0 Å². The number of aryl methyl sites for hydroxylation is 2. The summed E-state index contributed by atoms with van der Waals surface area (Å²) in [5, 5.41) is 19.3. The van der Waals surface area contributed by atoms with Crippen molar-refractivity contribution in [3.8, 4) is 22.6 Å². The second kappa shape index (κ2) is 4.13. The summed E-state index contributed by atoms with van der Waals surface area (Å²) >= 11 is 0. The van der Waals surface area contributed by atoms with Crippen LogP contribution in [0, 0.1) is 20.8 Å². The van der Waals surface area contributed by atoms with E-state index >= 15 is 0 Å².